The van der Waals surface area contributed by atoms with Gasteiger partial charge in [0.15, 0.2) is 0 Å². The fourth-order valence-corrected chi connectivity index (χ4v) is 2.31. The average Bonchev–Trinajstić information content (AvgIpc) is 2.62. The lowest BCUT2D eigenvalue weighted by atomic mass is 10.1. The highest BCUT2D eigenvalue weighted by Gasteiger charge is 2.10. The fourth-order valence-electron chi connectivity index (χ4n) is 1.44. The maximum Gasteiger partial charge on any atom is 0.338 e. The molecule has 0 saturated heterocycles. The van der Waals surface area contributed by atoms with Gasteiger partial charge in [0.1, 0.15) is 0 Å². The van der Waals surface area contributed by atoms with Crippen LogP contribution in [-0.4, -0.2) is 13.1 Å². The highest BCUT2D eigenvalue weighted by molar-refractivity contribution is 7.17. The molecule has 0 amide bonds. The molecule has 2 nitrogen and oxygen atoms in total. The molecule has 0 aliphatic rings. The Labute approximate surface area is 86.1 Å². The minimum atomic E-state index is -0.268. The van der Waals surface area contributed by atoms with Crippen LogP contribution in [0.4, 0.5) is 0 Å². The number of aryl methyl sites for hydroxylation is 1. The van der Waals surface area contributed by atoms with Gasteiger partial charge < -0.3 is 4.74 Å². The lowest BCUT2D eigenvalue weighted by Crippen LogP contribution is -2.03. The van der Waals surface area contributed by atoms with Gasteiger partial charge in [-0.15, -0.1) is 11.3 Å². The lowest BCUT2D eigenvalue weighted by Gasteiger charge is -2.03. The SMILES string of the molecule is COC(=O)c1cc2ccsc2cc1C. The first-order chi connectivity index (χ1) is 6.72. The first-order valence-corrected chi connectivity index (χ1v) is 5.16. The molecular weight excluding hydrogens is 196 g/mol. The maximum absolute atomic E-state index is 11.4. The van der Waals surface area contributed by atoms with Crippen molar-refractivity contribution in [1.29, 1.82) is 0 Å². The quantitative estimate of drug-likeness (QED) is 0.670. The van der Waals surface area contributed by atoms with Crippen molar-refractivity contribution in [3.63, 3.8) is 0 Å². The van der Waals surface area contributed by atoms with E-state index >= 15 is 0 Å². The summed E-state index contributed by atoms with van der Waals surface area (Å²) in [5, 5.41) is 3.12. The third-order valence-electron chi connectivity index (χ3n) is 2.20. The van der Waals surface area contributed by atoms with Crippen LogP contribution in [0.3, 0.4) is 0 Å². The second kappa shape index (κ2) is 3.42. The van der Waals surface area contributed by atoms with Crippen LogP contribution in [0, 0.1) is 6.92 Å². The molecule has 14 heavy (non-hydrogen) atoms. The first kappa shape index (κ1) is 9.21. The Bertz CT molecular complexity index is 485. The fraction of sp³-hybridized carbons (Fsp3) is 0.182. The molecule has 1 aromatic carbocycles. The van der Waals surface area contributed by atoms with Crippen LogP contribution in [0.2, 0.25) is 0 Å². The van der Waals surface area contributed by atoms with E-state index in [1.165, 1.54) is 11.8 Å². The number of thiophene rings is 1. The third kappa shape index (κ3) is 1.40. The summed E-state index contributed by atoms with van der Waals surface area (Å²) in [6, 6.07) is 5.91. The van der Waals surface area contributed by atoms with Gasteiger partial charge in [0.2, 0.25) is 0 Å². The summed E-state index contributed by atoms with van der Waals surface area (Å²) in [7, 11) is 1.40. The van der Waals surface area contributed by atoms with Crippen molar-refractivity contribution in [1.82, 2.24) is 0 Å². The molecule has 1 heterocycles. The van der Waals surface area contributed by atoms with Crippen LogP contribution in [0.15, 0.2) is 23.6 Å². The summed E-state index contributed by atoms with van der Waals surface area (Å²) in [5.74, 6) is -0.268. The van der Waals surface area contributed by atoms with Crippen molar-refractivity contribution in [2.75, 3.05) is 7.11 Å². The Kier molecular flexibility index (Phi) is 2.25. The summed E-state index contributed by atoms with van der Waals surface area (Å²) >= 11 is 1.68. The van der Waals surface area contributed by atoms with E-state index in [9.17, 15) is 4.79 Å². The molecule has 0 atom stereocenters. The maximum atomic E-state index is 11.4. The Hall–Kier alpha value is -1.35. The van der Waals surface area contributed by atoms with Crippen molar-refractivity contribution in [3.8, 4) is 0 Å². The summed E-state index contributed by atoms with van der Waals surface area (Å²) in [6.45, 7) is 1.92. The molecule has 3 heteroatoms. The number of hydrogen-bond acceptors (Lipinski definition) is 3. The van der Waals surface area contributed by atoms with Gasteiger partial charge in [-0.05, 0) is 41.5 Å². The molecule has 0 bridgehead atoms. The summed E-state index contributed by atoms with van der Waals surface area (Å²) in [5.41, 5.74) is 1.62. The molecule has 72 valence electrons. The average molecular weight is 206 g/mol. The summed E-state index contributed by atoms with van der Waals surface area (Å²) < 4.78 is 5.91. The lowest BCUT2D eigenvalue weighted by molar-refractivity contribution is 0.0600. The van der Waals surface area contributed by atoms with Crippen molar-refractivity contribution in [2.45, 2.75) is 6.92 Å². The Morgan fingerprint density at radius 3 is 2.93 bits per heavy atom. The summed E-state index contributed by atoms with van der Waals surface area (Å²) in [4.78, 5) is 11.4. The van der Waals surface area contributed by atoms with E-state index < -0.39 is 0 Å². The van der Waals surface area contributed by atoms with Gasteiger partial charge in [-0.25, -0.2) is 4.79 Å². The molecule has 0 radical (unpaired) electrons. The standard InChI is InChI=1S/C11H10O2S/c1-7-5-10-8(3-4-14-10)6-9(7)11(12)13-2/h3-6H,1-2H3. The van der Waals surface area contributed by atoms with E-state index in [1.54, 1.807) is 11.3 Å². The van der Waals surface area contributed by atoms with Crippen molar-refractivity contribution in [2.24, 2.45) is 0 Å². The number of hydrogen-bond donors (Lipinski definition) is 0. The second-order valence-corrected chi connectivity index (χ2v) is 4.06. The third-order valence-corrected chi connectivity index (χ3v) is 3.08. The Morgan fingerprint density at radius 2 is 2.21 bits per heavy atom. The topological polar surface area (TPSA) is 26.3 Å². The van der Waals surface area contributed by atoms with Gasteiger partial charge in [-0.3, -0.25) is 0 Å². The largest absolute Gasteiger partial charge is 0.465 e. The molecule has 0 spiro atoms. The molecule has 0 aliphatic carbocycles. The van der Waals surface area contributed by atoms with E-state index in [0.29, 0.717) is 5.56 Å². The number of carbonyl (C=O) groups excluding carboxylic acids is 1. The number of carbonyl (C=O) groups is 1. The predicted octanol–water partition coefficient (Wildman–Crippen LogP) is 3.00. The Balaban J connectivity index is 2.64. The number of ether oxygens (including phenoxy) is 1. The summed E-state index contributed by atoms with van der Waals surface area (Å²) in [6.07, 6.45) is 0. The number of benzene rings is 1. The zero-order valence-electron chi connectivity index (χ0n) is 8.03. The molecule has 2 rings (SSSR count). The highest BCUT2D eigenvalue weighted by atomic mass is 32.1. The molecule has 2 aromatic rings. The monoisotopic (exact) mass is 206 g/mol. The van der Waals surface area contributed by atoms with Gasteiger partial charge in [-0.1, -0.05) is 0 Å². The minimum absolute atomic E-state index is 0.268. The van der Waals surface area contributed by atoms with Crippen molar-refractivity contribution in [3.05, 3.63) is 34.7 Å². The second-order valence-electron chi connectivity index (χ2n) is 3.12. The van der Waals surface area contributed by atoms with Crippen LogP contribution >= 0.6 is 11.3 Å². The van der Waals surface area contributed by atoms with E-state index in [-0.39, 0.29) is 5.97 Å². The molecule has 0 aliphatic heterocycles. The van der Waals surface area contributed by atoms with Gasteiger partial charge in [0.25, 0.3) is 0 Å². The molecular formula is C11H10O2S. The first-order valence-electron chi connectivity index (χ1n) is 4.28. The van der Waals surface area contributed by atoms with E-state index in [1.807, 2.05) is 30.5 Å². The normalized spacial score (nSPS) is 10.4. The van der Waals surface area contributed by atoms with Crippen LogP contribution in [0.1, 0.15) is 15.9 Å². The van der Waals surface area contributed by atoms with Crippen LogP contribution in [-0.2, 0) is 4.74 Å². The smallest absolute Gasteiger partial charge is 0.338 e. The number of esters is 1. The Morgan fingerprint density at radius 1 is 1.43 bits per heavy atom. The van der Waals surface area contributed by atoms with Gasteiger partial charge >= 0.3 is 5.97 Å². The molecule has 0 N–H and O–H groups in total. The molecule has 0 fully saturated rings. The zero-order valence-corrected chi connectivity index (χ0v) is 8.85. The van der Waals surface area contributed by atoms with Gasteiger partial charge in [-0.2, -0.15) is 0 Å². The highest BCUT2D eigenvalue weighted by Crippen LogP contribution is 2.24. The van der Waals surface area contributed by atoms with Gasteiger partial charge in [0, 0.05) is 4.70 Å². The van der Waals surface area contributed by atoms with Crippen LogP contribution in [0.5, 0.6) is 0 Å². The van der Waals surface area contributed by atoms with Gasteiger partial charge in [0.05, 0.1) is 12.7 Å². The molecule has 0 saturated carbocycles. The van der Waals surface area contributed by atoms with E-state index in [2.05, 4.69) is 0 Å². The number of methoxy groups -OCH3 is 1. The zero-order chi connectivity index (χ0) is 10.1. The minimum Gasteiger partial charge on any atom is -0.465 e. The van der Waals surface area contributed by atoms with E-state index in [0.717, 1.165) is 10.9 Å². The molecule has 0 unspecified atom stereocenters. The van der Waals surface area contributed by atoms with Crippen molar-refractivity contribution >= 4 is 27.4 Å². The number of fused-ring (bicyclic) bond motifs is 1. The number of rotatable bonds is 1. The predicted molar refractivity (Wildman–Crippen MR) is 57.9 cm³/mol. The van der Waals surface area contributed by atoms with Crippen LogP contribution < -0.4 is 0 Å². The molecule has 1 aromatic heterocycles. The van der Waals surface area contributed by atoms with E-state index in [4.69, 9.17) is 4.74 Å². The van der Waals surface area contributed by atoms with Crippen LogP contribution in [0.25, 0.3) is 10.1 Å². The van der Waals surface area contributed by atoms with Crippen molar-refractivity contribution < 1.29 is 9.53 Å².